The summed E-state index contributed by atoms with van der Waals surface area (Å²) < 4.78 is 10.7. The zero-order valence-electron chi connectivity index (χ0n) is 16.4. The van der Waals surface area contributed by atoms with Gasteiger partial charge in [0, 0.05) is 10.6 Å². The fourth-order valence-corrected chi connectivity index (χ4v) is 2.75. The maximum absolute atomic E-state index is 12.4. The standard InChI is InChI=1S/C23H19ClN2O4/c1-15-6-9-17(10-7-15)23(28)30-21-12-16(8-11-20(21)29-2)14-25-26-22(27)18-4-3-5-19(24)13-18/h3-14H,1-2H3,(H,26,27)/b25-14-. The van der Waals surface area contributed by atoms with E-state index < -0.39 is 11.9 Å². The van der Waals surface area contributed by atoms with E-state index in [1.807, 2.05) is 19.1 Å². The maximum Gasteiger partial charge on any atom is 0.343 e. The van der Waals surface area contributed by atoms with Gasteiger partial charge in [0.1, 0.15) is 0 Å². The first kappa shape index (κ1) is 21.1. The van der Waals surface area contributed by atoms with Gasteiger partial charge in [-0.2, -0.15) is 5.10 Å². The number of hydrazone groups is 1. The van der Waals surface area contributed by atoms with Crippen molar-refractivity contribution in [2.24, 2.45) is 5.10 Å². The second-order valence-corrected chi connectivity index (χ2v) is 6.81. The number of benzene rings is 3. The first-order valence-electron chi connectivity index (χ1n) is 9.02. The van der Waals surface area contributed by atoms with Crippen molar-refractivity contribution in [1.82, 2.24) is 5.43 Å². The topological polar surface area (TPSA) is 77.0 Å². The summed E-state index contributed by atoms with van der Waals surface area (Å²) in [5.74, 6) is -0.256. The molecule has 152 valence electrons. The number of carbonyl (C=O) groups is 2. The molecule has 0 saturated heterocycles. The molecular formula is C23H19ClN2O4. The van der Waals surface area contributed by atoms with Crippen molar-refractivity contribution < 1.29 is 19.1 Å². The largest absolute Gasteiger partial charge is 0.493 e. The SMILES string of the molecule is COc1ccc(/C=N\NC(=O)c2cccc(Cl)c2)cc1OC(=O)c1ccc(C)cc1. The average molecular weight is 423 g/mol. The summed E-state index contributed by atoms with van der Waals surface area (Å²) in [5.41, 5.74) is 4.89. The lowest BCUT2D eigenvalue weighted by Crippen LogP contribution is -2.17. The number of amides is 1. The quantitative estimate of drug-likeness (QED) is 0.272. The van der Waals surface area contributed by atoms with Crippen LogP contribution in [0.5, 0.6) is 11.5 Å². The fraction of sp³-hybridized carbons (Fsp3) is 0.0870. The monoisotopic (exact) mass is 422 g/mol. The van der Waals surface area contributed by atoms with Crippen LogP contribution in [0.4, 0.5) is 0 Å². The Morgan fingerprint density at radius 1 is 0.967 bits per heavy atom. The molecular weight excluding hydrogens is 404 g/mol. The van der Waals surface area contributed by atoms with Gasteiger partial charge in [0.25, 0.3) is 5.91 Å². The second-order valence-electron chi connectivity index (χ2n) is 6.38. The second kappa shape index (κ2) is 9.71. The highest BCUT2D eigenvalue weighted by molar-refractivity contribution is 6.30. The summed E-state index contributed by atoms with van der Waals surface area (Å²) >= 11 is 5.89. The Kier molecular flexibility index (Phi) is 6.83. The van der Waals surface area contributed by atoms with Crippen molar-refractivity contribution in [2.45, 2.75) is 6.92 Å². The molecule has 0 unspecified atom stereocenters. The van der Waals surface area contributed by atoms with Gasteiger partial charge in [0.15, 0.2) is 11.5 Å². The van der Waals surface area contributed by atoms with Crippen molar-refractivity contribution in [3.8, 4) is 11.5 Å². The Bertz CT molecular complexity index is 1090. The molecule has 3 rings (SSSR count). The van der Waals surface area contributed by atoms with E-state index in [-0.39, 0.29) is 5.75 Å². The average Bonchev–Trinajstić information content (AvgIpc) is 2.74. The number of hydrogen-bond acceptors (Lipinski definition) is 5. The molecule has 0 bridgehead atoms. The predicted molar refractivity (Wildman–Crippen MR) is 116 cm³/mol. The Balaban J connectivity index is 1.72. The zero-order valence-corrected chi connectivity index (χ0v) is 17.1. The van der Waals surface area contributed by atoms with E-state index >= 15 is 0 Å². The van der Waals surface area contributed by atoms with E-state index in [0.29, 0.717) is 27.5 Å². The summed E-state index contributed by atoms with van der Waals surface area (Å²) in [5, 5.41) is 4.40. The van der Waals surface area contributed by atoms with E-state index in [2.05, 4.69) is 10.5 Å². The van der Waals surface area contributed by atoms with Crippen LogP contribution in [0.1, 0.15) is 31.8 Å². The van der Waals surface area contributed by atoms with Crippen LogP contribution in [0.2, 0.25) is 5.02 Å². The molecule has 1 amide bonds. The number of halogens is 1. The fourth-order valence-electron chi connectivity index (χ4n) is 2.56. The summed E-state index contributed by atoms with van der Waals surface area (Å²) in [6, 6.07) is 18.6. The molecule has 3 aromatic rings. The van der Waals surface area contributed by atoms with E-state index in [1.54, 1.807) is 54.6 Å². The number of carbonyl (C=O) groups excluding carboxylic acids is 2. The molecule has 0 spiro atoms. The number of esters is 1. The molecule has 0 saturated carbocycles. The lowest BCUT2D eigenvalue weighted by atomic mass is 10.1. The van der Waals surface area contributed by atoms with Gasteiger partial charge in [0.05, 0.1) is 18.9 Å². The van der Waals surface area contributed by atoms with Crippen LogP contribution in [0.15, 0.2) is 71.8 Å². The van der Waals surface area contributed by atoms with Gasteiger partial charge in [-0.25, -0.2) is 10.2 Å². The minimum absolute atomic E-state index is 0.244. The van der Waals surface area contributed by atoms with Crippen LogP contribution in [-0.4, -0.2) is 25.2 Å². The molecule has 0 aromatic heterocycles. The van der Waals surface area contributed by atoms with E-state index in [4.69, 9.17) is 21.1 Å². The normalized spacial score (nSPS) is 10.6. The van der Waals surface area contributed by atoms with Crippen LogP contribution in [-0.2, 0) is 0 Å². The first-order valence-corrected chi connectivity index (χ1v) is 9.40. The molecule has 0 aliphatic rings. The van der Waals surface area contributed by atoms with Gasteiger partial charge in [-0.1, -0.05) is 35.4 Å². The third-order valence-corrected chi connectivity index (χ3v) is 4.38. The lowest BCUT2D eigenvalue weighted by Gasteiger charge is -2.10. The van der Waals surface area contributed by atoms with E-state index in [9.17, 15) is 9.59 Å². The number of aryl methyl sites for hydroxylation is 1. The molecule has 0 radical (unpaired) electrons. The predicted octanol–water partition coefficient (Wildman–Crippen LogP) is 4.64. The number of nitrogens with zero attached hydrogens (tertiary/aromatic N) is 1. The number of rotatable bonds is 6. The van der Waals surface area contributed by atoms with Crippen LogP contribution < -0.4 is 14.9 Å². The highest BCUT2D eigenvalue weighted by atomic mass is 35.5. The van der Waals surface area contributed by atoms with Crippen LogP contribution in [0.25, 0.3) is 0 Å². The molecule has 0 fully saturated rings. The molecule has 0 atom stereocenters. The Hall–Kier alpha value is -3.64. The molecule has 1 N–H and O–H groups in total. The first-order chi connectivity index (χ1) is 14.5. The summed E-state index contributed by atoms with van der Waals surface area (Å²) in [6.07, 6.45) is 1.44. The van der Waals surface area contributed by atoms with Gasteiger partial charge < -0.3 is 9.47 Å². The van der Waals surface area contributed by atoms with Gasteiger partial charge in [-0.15, -0.1) is 0 Å². The minimum Gasteiger partial charge on any atom is -0.493 e. The molecule has 0 heterocycles. The van der Waals surface area contributed by atoms with Crippen molar-refractivity contribution in [3.63, 3.8) is 0 Å². The van der Waals surface area contributed by atoms with Gasteiger partial charge in [-0.3, -0.25) is 4.79 Å². The lowest BCUT2D eigenvalue weighted by molar-refractivity contribution is 0.0729. The van der Waals surface area contributed by atoms with Gasteiger partial charge >= 0.3 is 5.97 Å². The van der Waals surface area contributed by atoms with Crippen LogP contribution >= 0.6 is 11.6 Å². The zero-order chi connectivity index (χ0) is 21.5. The molecule has 3 aromatic carbocycles. The Morgan fingerprint density at radius 3 is 2.43 bits per heavy atom. The number of methoxy groups -OCH3 is 1. The van der Waals surface area contributed by atoms with Gasteiger partial charge in [0.2, 0.25) is 0 Å². The number of ether oxygens (including phenoxy) is 2. The van der Waals surface area contributed by atoms with Crippen molar-refractivity contribution in [1.29, 1.82) is 0 Å². The summed E-state index contributed by atoms with van der Waals surface area (Å²) in [6.45, 7) is 1.94. The Morgan fingerprint density at radius 2 is 1.73 bits per heavy atom. The highest BCUT2D eigenvalue weighted by Crippen LogP contribution is 2.28. The highest BCUT2D eigenvalue weighted by Gasteiger charge is 2.13. The van der Waals surface area contributed by atoms with Crippen LogP contribution in [0, 0.1) is 6.92 Å². The van der Waals surface area contributed by atoms with Crippen molar-refractivity contribution >= 4 is 29.7 Å². The third-order valence-electron chi connectivity index (χ3n) is 4.14. The van der Waals surface area contributed by atoms with E-state index in [1.165, 1.54) is 13.3 Å². The molecule has 30 heavy (non-hydrogen) atoms. The van der Waals surface area contributed by atoms with E-state index in [0.717, 1.165) is 5.56 Å². The van der Waals surface area contributed by atoms with Crippen LogP contribution in [0.3, 0.4) is 0 Å². The third kappa shape index (κ3) is 5.46. The molecule has 6 nitrogen and oxygen atoms in total. The smallest absolute Gasteiger partial charge is 0.343 e. The molecule has 0 aliphatic heterocycles. The Labute approximate surface area is 179 Å². The maximum atomic E-state index is 12.4. The number of hydrogen-bond donors (Lipinski definition) is 1. The van der Waals surface area contributed by atoms with Gasteiger partial charge in [-0.05, 0) is 61.0 Å². The molecule has 7 heteroatoms. The van der Waals surface area contributed by atoms with Crippen molar-refractivity contribution in [3.05, 3.63) is 94.0 Å². The summed E-state index contributed by atoms with van der Waals surface area (Å²) in [4.78, 5) is 24.5. The molecule has 0 aliphatic carbocycles. The summed E-state index contributed by atoms with van der Waals surface area (Å²) in [7, 11) is 1.48. The van der Waals surface area contributed by atoms with Crippen molar-refractivity contribution in [2.75, 3.05) is 7.11 Å². The minimum atomic E-state index is -0.503. The number of nitrogens with one attached hydrogen (secondary N) is 1.